The van der Waals surface area contributed by atoms with E-state index in [9.17, 15) is 4.79 Å². The average Bonchev–Trinajstić information content (AvgIpc) is 2.26. The summed E-state index contributed by atoms with van der Waals surface area (Å²) in [5.74, 6) is -0.155. The zero-order valence-corrected chi connectivity index (χ0v) is 9.58. The summed E-state index contributed by atoms with van der Waals surface area (Å²) in [6.45, 7) is 1.66. The van der Waals surface area contributed by atoms with Crippen LogP contribution in [0.5, 0.6) is 0 Å². The Balaban J connectivity index is 2.76. The molecule has 0 aliphatic carbocycles. The number of hydrogen-bond donors (Lipinski definition) is 1. The summed E-state index contributed by atoms with van der Waals surface area (Å²) < 4.78 is 0. The molecule has 1 N–H and O–H groups in total. The number of amides is 1. The van der Waals surface area contributed by atoms with Crippen LogP contribution in [-0.2, 0) is 4.79 Å². The maximum Gasteiger partial charge on any atom is 0.217 e. The van der Waals surface area contributed by atoms with Crippen LogP contribution < -0.4 is 5.32 Å². The van der Waals surface area contributed by atoms with E-state index in [4.69, 9.17) is 16.9 Å². The second-order valence-electron chi connectivity index (χ2n) is 3.24. The van der Waals surface area contributed by atoms with Crippen LogP contribution >= 0.6 is 11.6 Å². The summed E-state index contributed by atoms with van der Waals surface area (Å²) in [5.41, 5.74) is 1.38. The maximum absolute atomic E-state index is 10.7. The molecule has 0 heterocycles. The minimum absolute atomic E-state index is 0.155. The number of halogens is 1. The number of nitrogens with one attached hydrogen (secondary N) is 1. The van der Waals surface area contributed by atoms with E-state index in [0.717, 1.165) is 5.56 Å². The number of carbonyl (C=O) groups excluding carboxylic acids is 1. The van der Waals surface area contributed by atoms with E-state index in [1.165, 1.54) is 6.92 Å². The molecule has 16 heavy (non-hydrogen) atoms. The van der Waals surface area contributed by atoms with Gasteiger partial charge in [-0.25, -0.2) is 0 Å². The topological polar surface area (TPSA) is 52.9 Å². The van der Waals surface area contributed by atoms with Crippen molar-refractivity contribution in [1.82, 2.24) is 5.32 Å². The van der Waals surface area contributed by atoms with Gasteiger partial charge in [0.2, 0.25) is 5.91 Å². The first-order chi connectivity index (χ1) is 7.61. The highest BCUT2D eigenvalue weighted by molar-refractivity contribution is 6.30. The van der Waals surface area contributed by atoms with Crippen LogP contribution in [0, 0.1) is 11.3 Å². The predicted molar refractivity (Wildman–Crippen MR) is 63.7 cm³/mol. The van der Waals surface area contributed by atoms with Crippen LogP contribution in [0.2, 0.25) is 5.02 Å². The quantitative estimate of drug-likeness (QED) is 0.817. The molecule has 0 bridgehead atoms. The highest BCUT2D eigenvalue weighted by atomic mass is 35.5. The molecule has 1 aromatic carbocycles. The van der Waals surface area contributed by atoms with Crippen LogP contribution in [0.25, 0.3) is 6.08 Å². The molecule has 1 amide bonds. The Hall–Kier alpha value is -1.79. The summed E-state index contributed by atoms with van der Waals surface area (Å²) in [4.78, 5) is 10.7. The molecule has 4 heteroatoms. The van der Waals surface area contributed by atoms with Gasteiger partial charge >= 0.3 is 0 Å². The molecule has 0 fully saturated rings. The molecule has 3 nitrogen and oxygen atoms in total. The lowest BCUT2D eigenvalue weighted by molar-refractivity contribution is -0.118. The van der Waals surface area contributed by atoms with E-state index in [1.54, 1.807) is 18.2 Å². The van der Waals surface area contributed by atoms with Crippen molar-refractivity contribution in [3.8, 4) is 6.07 Å². The minimum atomic E-state index is -0.155. The monoisotopic (exact) mass is 234 g/mol. The molecule has 0 unspecified atom stereocenters. The van der Waals surface area contributed by atoms with Crippen molar-refractivity contribution in [2.24, 2.45) is 0 Å². The van der Waals surface area contributed by atoms with E-state index in [0.29, 0.717) is 10.6 Å². The van der Waals surface area contributed by atoms with Crippen LogP contribution in [0.15, 0.2) is 29.8 Å². The normalized spacial score (nSPS) is 10.7. The van der Waals surface area contributed by atoms with Gasteiger partial charge in [0.15, 0.2) is 0 Å². The smallest absolute Gasteiger partial charge is 0.217 e. The lowest BCUT2D eigenvalue weighted by Crippen LogP contribution is -2.21. The fraction of sp³-hybridized carbons (Fsp3) is 0.167. The fourth-order valence-corrected chi connectivity index (χ4v) is 1.23. The highest BCUT2D eigenvalue weighted by Gasteiger charge is 1.98. The van der Waals surface area contributed by atoms with Crippen LogP contribution in [0.1, 0.15) is 12.5 Å². The predicted octanol–water partition coefficient (Wildman–Crippen LogP) is 2.38. The van der Waals surface area contributed by atoms with Gasteiger partial charge in [-0.15, -0.1) is 0 Å². The van der Waals surface area contributed by atoms with E-state index >= 15 is 0 Å². The second-order valence-corrected chi connectivity index (χ2v) is 3.68. The van der Waals surface area contributed by atoms with Crippen molar-refractivity contribution < 1.29 is 4.79 Å². The van der Waals surface area contributed by atoms with Gasteiger partial charge in [0.25, 0.3) is 0 Å². The number of hydrogen-bond acceptors (Lipinski definition) is 2. The fourth-order valence-electron chi connectivity index (χ4n) is 1.10. The number of nitriles is 1. The van der Waals surface area contributed by atoms with Crippen molar-refractivity contribution in [2.45, 2.75) is 6.92 Å². The molecule has 0 saturated carbocycles. The zero-order valence-electron chi connectivity index (χ0n) is 8.83. The maximum atomic E-state index is 10.7. The van der Waals surface area contributed by atoms with Gasteiger partial charge in [-0.05, 0) is 23.8 Å². The van der Waals surface area contributed by atoms with Gasteiger partial charge in [-0.3, -0.25) is 4.79 Å². The van der Waals surface area contributed by atoms with E-state index < -0.39 is 0 Å². The molecule has 0 radical (unpaired) electrons. The van der Waals surface area contributed by atoms with Crippen molar-refractivity contribution >= 4 is 23.6 Å². The van der Waals surface area contributed by atoms with Crippen molar-refractivity contribution in [1.29, 1.82) is 5.26 Å². The first-order valence-electron chi connectivity index (χ1n) is 4.72. The Morgan fingerprint density at radius 3 is 2.62 bits per heavy atom. The van der Waals surface area contributed by atoms with E-state index in [-0.39, 0.29) is 12.5 Å². The summed E-state index contributed by atoms with van der Waals surface area (Å²) in [5, 5.41) is 12.1. The van der Waals surface area contributed by atoms with Crippen molar-refractivity contribution in [2.75, 3.05) is 6.54 Å². The van der Waals surface area contributed by atoms with Gasteiger partial charge < -0.3 is 5.32 Å². The van der Waals surface area contributed by atoms with E-state index in [2.05, 4.69) is 5.32 Å². The molecule has 0 aliphatic heterocycles. The Morgan fingerprint density at radius 2 is 2.12 bits per heavy atom. The molecule has 1 rings (SSSR count). The molecular formula is C12H11ClN2O. The van der Waals surface area contributed by atoms with Crippen LogP contribution in [0.4, 0.5) is 0 Å². The molecule has 82 valence electrons. The summed E-state index contributed by atoms with van der Waals surface area (Å²) in [7, 11) is 0. The van der Waals surface area contributed by atoms with Crippen LogP contribution in [0.3, 0.4) is 0 Å². The van der Waals surface area contributed by atoms with Crippen molar-refractivity contribution in [3.05, 3.63) is 40.4 Å². The second kappa shape index (κ2) is 5.94. The number of carbonyl (C=O) groups is 1. The van der Waals surface area contributed by atoms with E-state index in [1.807, 2.05) is 18.2 Å². The molecule has 0 aromatic heterocycles. The molecule has 0 aliphatic rings. The third-order valence-corrected chi connectivity index (χ3v) is 2.13. The Morgan fingerprint density at radius 1 is 1.50 bits per heavy atom. The van der Waals surface area contributed by atoms with Crippen LogP contribution in [-0.4, -0.2) is 12.5 Å². The summed E-state index contributed by atoms with van der Waals surface area (Å²) >= 11 is 5.74. The lowest BCUT2D eigenvalue weighted by atomic mass is 10.1. The third kappa shape index (κ3) is 4.16. The lowest BCUT2D eigenvalue weighted by Gasteiger charge is -2.00. The van der Waals surface area contributed by atoms with Gasteiger partial charge in [0.05, 0.1) is 12.6 Å². The Labute approximate surface area is 99.3 Å². The Kier molecular flexibility index (Phi) is 4.56. The average molecular weight is 235 g/mol. The molecular weight excluding hydrogens is 224 g/mol. The number of rotatable bonds is 3. The van der Waals surface area contributed by atoms with Gasteiger partial charge in [-0.2, -0.15) is 5.26 Å². The largest absolute Gasteiger partial charge is 0.352 e. The number of benzene rings is 1. The first kappa shape index (κ1) is 12.3. The van der Waals surface area contributed by atoms with Gasteiger partial charge in [0.1, 0.15) is 0 Å². The number of nitrogens with zero attached hydrogens (tertiary/aromatic N) is 1. The Bertz CT molecular complexity index is 443. The highest BCUT2D eigenvalue weighted by Crippen LogP contribution is 2.12. The standard InChI is InChI=1S/C12H11ClN2O/c1-9(16)15-8-11(7-14)6-10-2-4-12(13)5-3-10/h2-6H,8H2,1H3,(H,15,16)/b11-6+. The molecule has 1 aromatic rings. The SMILES string of the molecule is CC(=O)NC/C(C#N)=C/c1ccc(Cl)cc1. The molecule has 0 spiro atoms. The third-order valence-electron chi connectivity index (χ3n) is 1.88. The summed E-state index contributed by atoms with van der Waals surface area (Å²) in [6.07, 6.45) is 1.71. The van der Waals surface area contributed by atoms with Gasteiger partial charge in [-0.1, -0.05) is 23.7 Å². The molecule has 0 saturated heterocycles. The zero-order chi connectivity index (χ0) is 12.0. The summed E-state index contributed by atoms with van der Waals surface area (Å²) in [6, 6.07) is 9.16. The minimum Gasteiger partial charge on any atom is -0.352 e. The molecule has 0 atom stereocenters. The first-order valence-corrected chi connectivity index (χ1v) is 5.10. The van der Waals surface area contributed by atoms with Gasteiger partial charge in [0, 0.05) is 17.5 Å². The van der Waals surface area contributed by atoms with Crippen molar-refractivity contribution in [3.63, 3.8) is 0 Å².